The van der Waals surface area contributed by atoms with Gasteiger partial charge >= 0.3 is 0 Å². The van der Waals surface area contributed by atoms with E-state index < -0.39 is 0 Å². The van der Waals surface area contributed by atoms with Gasteiger partial charge in [-0.2, -0.15) is 11.8 Å². The van der Waals surface area contributed by atoms with Crippen LogP contribution in [0.25, 0.3) is 0 Å². The Hall–Kier alpha value is 0.310. The Morgan fingerprint density at radius 2 is 2.17 bits per heavy atom. The average molecular weight is 187 g/mol. The molecule has 12 heavy (non-hydrogen) atoms. The lowest BCUT2D eigenvalue weighted by molar-refractivity contribution is 0.317. The Morgan fingerprint density at radius 3 is 2.75 bits per heavy atom. The SMILES string of the molecule is CCCC1CCC(N)C(SC)C1. The second-order valence-corrected chi connectivity index (χ2v) is 4.98. The maximum atomic E-state index is 6.03. The van der Waals surface area contributed by atoms with E-state index in [2.05, 4.69) is 13.2 Å². The summed E-state index contributed by atoms with van der Waals surface area (Å²) in [5.74, 6) is 0.965. The van der Waals surface area contributed by atoms with Gasteiger partial charge < -0.3 is 5.73 Å². The molecule has 1 saturated carbocycles. The van der Waals surface area contributed by atoms with E-state index in [1.807, 2.05) is 11.8 Å². The van der Waals surface area contributed by atoms with Crippen molar-refractivity contribution in [3.05, 3.63) is 0 Å². The highest BCUT2D eigenvalue weighted by atomic mass is 32.2. The first-order valence-corrected chi connectivity index (χ1v) is 6.35. The summed E-state index contributed by atoms with van der Waals surface area (Å²) in [5, 5.41) is 0.732. The van der Waals surface area contributed by atoms with Crippen molar-refractivity contribution in [3.63, 3.8) is 0 Å². The molecule has 0 spiro atoms. The zero-order valence-electron chi connectivity index (χ0n) is 8.25. The number of rotatable bonds is 3. The molecule has 2 N–H and O–H groups in total. The van der Waals surface area contributed by atoms with E-state index in [-0.39, 0.29) is 0 Å². The predicted octanol–water partition coefficient (Wildman–Crippen LogP) is 2.65. The molecule has 1 aliphatic carbocycles. The third kappa shape index (κ3) is 2.67. The molecule has 0 aromatic carbocycles. The van der Waals surface area contributed by atoms with E-state index in [1.54, 1.807) is 0 Å². The lowest BCUT2D eigenvalue weighted by Gasteiger charge is -2.32. The molecule has 3 unspecified atom stereocenters. The molecule has 0 saturated heterocycles. The third-order valence-electron chi connectivity index (χ3n) is 2.95. The van der Waals surface area contributed by atoms with Gasteiger partial charge in [0.15, 0.2) is 0 Å². The van der Waals surface area contributed by atoms with Crippen molar-refractivity contribution >= 4 is 11.8 Å². The van der Waals surface area contributed by atoms with E-state index in [1.165, 1.54) is 32.1 Å². The van der Waals surface area contributed by atoms with Crippen molar-refractivity contribution in [2.75, 3.05) is 6.26 Å². The smallest absolute Gasteiger partial charge is 0.0198 e. The minimum absolute atomic E-state index is 0.466. The van der Waals surface area contributed by atoms with Crippen LogP contribution in [0.3, 0.4) is 0 Å². The second kappa shape index (κ2) is 5.13. The van der Waals surface area contributed by atoms with Crippen molar-refractivity contribution in [1.29, 1.82) is 0 Å². The molecule has 0 aromatic heterocycles. The normalized spacial score (nSPS) is 36.8. The zero-order valence-corrected chi connectivity index (χ0v) is 9.07. The molecule has 0 amide bonds. The van der Waals surface area contributed by atoms with E-state index in [0.717, 1.165) is 11.2 Å². The van der Waals surface area contributed by atoms with Gasteiger partial charge in [-0.1, -0.05) is 19.8 Å². The first-order valence-electron chi connectivity index (χ1n) is 5.06. The van der Waals surface area contributed by atoms with Crippen LogP contribution in [0.4, 0.5) is 0 Å². The number of nitrogens with two attached hydrogens (primary N) is 1. The van der Waals surface area contributed by atoms with Gasteiger partial charge in [-0.05, 0) is 31.4 Å². The lowest BCUT2D eigenvalue weighted by atomic mass is 9.83. The fraction of sp³-hybridized carbons (Fsp3) is 1.00. The van der Waals surface area contributed by atoms with Gasteiger partial charge in [-0.25, -0.2) is 0 Å². The predicted molar refractivity (Wildman–Crippen MR) is 57.5 cm³/mol. The van der Waals surface area contributed by atoms with Crippen LogP contribution < -0.4 is 5.73 Å². The molecule has 0 aliphatic heterocycles. The molecule has 1 nitrogen and oxygen atoms in total. The maximum absolute atomic E-state index is 6.03. The first-order chi connectivity index (χ1) is 5.77. The monoisotopic (exact) mass is 187 g/mol. The van der Waals surface area contributed by atoms with Crippen molar-refractivity contribution in [1.82, 2.24) is 0 Å². The molecule has 1 fully saturated rings. The van der Waals surface area contributed by atoms with Crippen molar-refractivity contribution < 1.29 is 0 Å². The highest BCUT2D eigenvalue weighted by Crippen LogP contribution is 2.32. The lowest BCUT2D eigenvalue weighted by Crippen LogP contribution is -2.38. The molecule has 1 aliphatic rings. The Bertz CT molecular complexity index is 127. The summed E-state index contributed by atoms with van der Waals surface area (Å²) in [7, 11) is 0. The highest BCUT2D eigenvalue weighted by molar-refractivity contribution is 7.99. The minimum atomic E-state index is 0.466. The molecule has 0 aromatic rings. The van der Waals surface area contributed by atoms with Crippen LogP contribution in [0.2, 0.25) is 0 Å². The van der Waals surface area contributed by atoms with E-state index in [4.69, 9.17) is 5.73 Å². The Kier molecular flexibility index (Phi) is 4.44. The van der Waals surface area contributed by atoms with Crippen molar-refractivity contribution in [2.45, 2.75) is 50.3 Å². The molecule has 3 atom stereocenters. The van der Waals surface area contributed by atoms with Gasteiger partial charge in [0.2, 0.25) is 0 Å². The second-order valence-electron chi connectivity index (χ2n) is 3.91. The van der Waals surface area contributed by atoms with E-state index in [0.29, 0.717) is 6.04 Å². The molecule has 1 rings (SSSR count). The summed E-state index contributed by atoms with van der Waals surface area (Å²) in [5.41, 5.74) is 6.03. The van der Waals surface area contributed by atoms with Crippen molar-refractivity contribution in [2.24, 2.45) is 11.7 Å². The fourth-order valence-corrected chi connectivity index (χ4v) is 3.13. The maximum Gasteiger partial charge on any atom is 0.0198 e. The largest absolute Gasteiger partial charge is 0.327 e. The third-order valence-corrected chi connectivity index (χ3v) is 4.10. The summed E-state index contributed by atoms with van der Waals surface area (Å²) >= 11 is 1.96. The van der Waals surface area contributed by atoms with Crippen LogP contribution in [0, 0.1) is 5.92 Å². The van der Waals surface area contributed by atoms with Gasteiger partial charge in [0, 0.05) is 11.3 Å². The Labute approximate surface area is 80.5 Å². The summed E-state index contributed by atoms with van der Waals surface area (Å²) in [6.45, 7) is 2.28. The topological polar surface area (TPSA) is 26.0 Å². The molecule has 0 heterocycles. The van der Waals surface area contributed by atoms with E-state index in [9.17, 15) is 0 Å². The molecular formula is C10H21NS. The number of thioether (sulfide) groups is 1. The van der Waals surface area contributed by atoms with Crippen LogP contribution in [0.15, 0.2) is 0 Å². The minimum Gasteiger partial charge on any atom is -0.327 e. The average Bonchev–Trinajstić information content (AvgIpc) is 2.09. The van der Waals surface area contributed by atoms with Crippen LogP contribution in [0.5, 0.6) is 0 Å². The molecule has 0 bridgehead atoms. The van der Waals surface area contributed by atoms with Crippen LogP contribution in [-0.4, -0.2) is 17.5 Å². The summed E-state index contributed by atoms with van der Waals surface area (Å²) in [6, 6.07) is 0.466. The van der Waals surface area contributed by atoms with Gasteiger partial charge in [-0.3, -0.25) is 0 Å². The molecule has 2 heteroatoms. The van der Waals surface area contributed by atoms with Gasteiger partial charge in [0.1, 0.15) is 0 Å². The molecule has 72 valence electrons. The zero-order chi connectivity index (χ0) is 8.97. The Balaban J connectivity index is 2.33. The molecular weight excluding hydrogens is 166 g/mol. The summed E-state index contributed by atoms with van der Waals surface area (Å²) in [4.78, 5) is 0. The molecule has 0 radical (unpaired) electrons. The fourth-order valence-electron chi connectivity index (χ4n) is 2.18. The van der Waals surface area contributed by atoms with Gasteiger partial charge in [0.25, 0.3) is 0 Å². The van der Waals surface area contributed by atoms with Crippen LogP contribution in [0.1, 0.15) is 39.0 Å². The highest BCUT2D eigenvalue weighted by Gasteiger charge is 2.26. The van der Waals surface area contributed by atoms with Gasteiger partial charge in [0.05, 0.1) is 0 Å². The first kappa shape index (κ1) is 10.4. The Morgan fingerprint density at radius 1 is 1.42 bits per heavy atom. The van der Waals surface area contributed by atoms with Gasteiger partial charge in [-0.15, -0.1) is 0 Å². The van der Waals surface area contributed by atoms with Crippen molar-refractivity contribution in [3.8, 4) is 0 Å². The summed E-state index contributed by atoms with van der Waals surface area (Å²) < 4.78 is 0. The standard InChI is InChI=1S/C10H21NS/c1-3-4-8-5-6-9(11)10(7-8)12-2/h8-10H,3-7,11H2,1-2H3. The van der Waals surface area contributed by atoms with E-state index >= 15 is 0 Å². The quantitative estimate of drug-likeness (QED) is 0.735. The van der Waals surface area contributed by atoms with Crippen LogP contribution in [-0.2, 0) is 0 Å². The van der Waals surface area contributed by atoms with Crippen LogP contribution >= 0.6 is 11.8 Å². The number of hydrogen-bond donors (Lipinski definition) is 1. The summed E-state index contributed by atoms with van der Waals surface area (Å²) in [6.07, 6.45) is 8.90. The number of hydrogen-bond acceptors (Lipinski definition) is 2.